The van der Waals surface area contributed by atoms with Crippen molar-refractivity contribution in [1.82, 2.24) is 9.21 Å². The van der Waals surface area contributed by atoms with Crippen LogP contribution in [0.5, 0.6) is 0 Å². The summed E-state index contributed by atoms with van der Waals surface area (Å²) in [4.78, 5) is 14.4. The van der Waals surface area contributed by atoms with Gasteiger partial charge in [-0.1, -0.05) is 28.1 Å². The molecule has 1 heterocycles. The lowest BCUT2D eigenvalue weighted by atomic mass is 10.0. The van der Waals surface area contributed by atoms with Gasteiger partial charge < -0.3 is 4.90 Å². The van der Waals surface area contributed by atoms with E-state index < -0.39 is 10.0 Å². The van der Waals surface area contributed by atoms with E-state index in [4.69, 9.17) is 0 Å². The highest BCUT2D eigenvalue weighted by molar-refractivity contribution is 9.10. The van der Waals surface area contributed by atoms with Gasteiger partial charge in [0.1, 0.15) is 0 Å². The number of amides is 1. The van der Waals surface area contributed by atoms with E-state index in [2.05, 4.69) is 28.1 Å². The molecule has 1 aromatic carbocycles. The van der Waals surface area contributed by atoms with E-state index in [1.807, 2.05) is 0 Å². The summed E-state index contributed by atoms with van der Waals surface area (Å²) in [5.74, 6) is 0.481. The Morgan fingerprint density at radius 2 is 1.79 bits per heavy atom. The van der Waals surface area contributed by atoms with Gasteiger partial charge in [-0.25, -0.2) is 8.42 Å². The topological polar surface area (TPSA) is 57.7 Å². The van der Waals surface area contributed by atoms with Crippen LogP contribution in [0.15, 0.2) is 45.8 Å². The molecule has 7 heteroatoms. The monoisotopic (exact) mass is 412 g/mol. The van der Waals surface area contributed by atoms with Crippen LogP contribution in [-0.2, 0) is 14.8 Å². The molecule has 0 aromatic heterocycles. The van der Waals surface area contributed by atoms with E-state index in [0.29, 0.717) is 43.4 Å². The predicted octanol–water partition coefficient (Wildman–Crippen LogP) is 2.64. The molecule has 130 valence electrons. The number of sulfonamides is 1. The zero-order valence-electron chi connectivity index (χ0n) is 13.4. The van der Waals surface area contributed by atoms with Crippen molar-refractivity contribution in [1.29, 1.82) is 0 Å². The minimum Gasteiger partial charge on any atom is -0.340 e. The second-order valence-corrected chi connectivity index (χ2v) is 9.06. The highest BCUT2D eigenvalue weighted by atomic mass is 79.9. The third kappa shape index (κ3) is 3.90. The van der Waals surface area contributed by atoms with E-state index in [-0.39, 0.29) is 5.91 Å². The van der Waals surface area contributed by atoms with Crippen LogP contribution in [0, 0.1) is 5.92 Å². The van der Waals surface area contributed by atoms with Gasteiger partial charge in [-0.15, -0.1) is 0 Å². The molecule has 1 atom stereocenters. The molecule has 1 aromatic rings. The largest absolute Gasteiger partial charge is 0.340 e. The van der Waals surface area contributed by atoms with Crippen molar-refractivity contribution in [2.45, 2.75) is 24.2 Å². The van der Waals surface area contributed by atoms with Gasteiger partial charge in [0.2, 0.25) is 15.9 Å². The van der Waals surface area contributed by atoms with Crippen LogP contribution >= 0.6 is 15.9 Å². The maximum atomic E-state index is 12.7. The van der Waals surface area contributed by atoms with Crippen LogP contribution in [0.4, 0.5) is 0 Å². The van der Waals surface area contributed by atoms with Crippen molar-refractivity contribution in [2.24, 2.45) is 5.92 Å². The van der Waals surface area contributed by atoms with Crippen LogP contribution in [0.3, 0.4) is 0 Å². The van der Waals surface area contributed by atoms with E-state index in [1.165, 1.54) is 4.31 Å². The van der Waals surface area contributed by atoms with Gasteiger partial charge in [-0.05, 0) is 43.0 Å². The third-order valence-electron chi connectivity index (χ3n) is 4.59. The number of allylic oxidation sites excluding steroid dienone is 2. The molecule has 1 amide bonds. The van der Waals surface area contributed by atoms with Gasteiger partial charge in [0.25, 0.3) is 0 Å². The third-order valence-corrected chi connectivity index (χ3v) is 7.03. The number of carbonyl (C=O) groups excluding carboxylic acids is 1. The molecule has 2 aliphatic rings. The van der Waals surface area contributed by atoms with E-state index in [0.717, 1.165) is 17.3 Å². The molecule has 1 saturated heterocycles. The van der Waals surface area contributed by atoms with Crippen molar-refractivity contribution in [3.8, 4) is 0 Å². The van der Waals surface area contributed by atoms with Gasteiger partial charge in [0.15, 0.2) is 0 Å². The number of hydrogen-bond acceptors (Lipinski definition) is 3. The zero-order valence-corrected chi connectivity index (χ0v) is 15.8. The van der Waals surface area contributed by atoms with Crippen molar-refractivity contribution >= 4 is 31.9 Å². The van der Waals surface area contributed by atoms with E-state index >= 15 is 0 Å². The molecule has 0 radical (unpaired) electrons. The average molecular weight is 413 g/mol. The molecule has 0 saturated carbocycles. The second kappa shape index (κ2) is 7.37. The fraction of sp³-hybridized carbons (Fsp3) is 0.471. The molecule has 24 heavy (non-hydrogen) atoms. The Bertz CT molecular complexity index is 723. The summed E-state index contributed by atoms with van der Waals surface area (Å²) in [5, 5.41) is 0. The second-order valence-electron chi connectivity index (χ2n) is 6.21. The van der Waals surface area contributed by atoms with Crippen LogP contribution in [0.1, 0.15) is 19.3 Å². The highest BCUT2D eigenvalue weighted by Crippen LogP contribution is 2.23. The Labute approximate surface area is 151 Å². The highest BCUT2D eigenvalue weighted by Gasteiger charge is 2.30. The summed E-state index contributed by atoms with van der Waals surface area (Å²) >= 11 is 3.31. The first-order valence-electron chi connectivity index (χ1n) is 8.17. The normalized spacial score (nSPS) is 22.0. The first-order valence-corrected chi connectivity index (χ1v) is 10.4. The number of rotatable bonds is 4. The van der Waals surface area contributed by atoms with Gasteiger partial charge in [-0.3, -0.25) is 4.79 Å². The summed E-state index contributed by atoms with van der Waals surface area (Å²) in [6.45, 7) is 1.63. The molecule has 1 fully saturated rings. The van der Waals surface area contributed by atoms with Gasteiger partial charge in [0.05, 0.1) is 4.90 Å². The number of halogens is 1. The molecule has 1 aliphatic carbocycles. The number of benzene rings is 1. The van der Waals surface area contributed by atoms with Gasteiger partial charge in [-0.2, -0.15) is 4.31 Å². The number of hydrogen-bond donors (Lipinski definition) is 0. The van der Waals surface area contributed by atoms with Crippen LogP contribution in [0.2, 0.25) is 0 Å². The van der Waals surface area contributed by atoms with E-state index in [1.54, 1.807) is 29.2 Å². The van der Waals surface area contributed by atoms with Crippen molar-refractivity contribution < 1.29 is 13.2 Å². The van der Waals surface area contributed by atoms with Crippen molar-refractivity contribution in [3.63, 3.8) is 0 Å². The summed E-state index contributed by atoms with van der Waals surface area (Å²) < 4.78 is 27.6. The van der Waals surface area contributed by atoms with E-state index in [9.17, 15) is 13.2 Å². The molecule has 0 bridgehead atoms. The first-order chi connectivity index (χ1) is 11.5. The lowest BCUT2D eigenvalue weighted by molar-refractivity contribution is -0.133. The van der Waals surface area contributed by atoms with Crippen LogP contribution in [0.25, 0.3) is 0 Å². The standard InChI is InChI=1S/C17H21BrN2O3S/c18-15-5-7-16(8-6-15)24(22,23)20-11-9-19(10-12-20)17(21)13-14-3-1-2-4-14/h1,3,5-8,14H,2,4,9-13H2. The zero-order chi connectivity index (χ0) is 17.2. The molecule has 0 N–H and O–H groups in total. The molecule has 1 unspecified atom stereocenters. The average Bonchev–Trinajstić information content (AvgIpc) is 3.08. The molecule has 1 aliphatic heterocycles. The fourth-order valence-electron chi connectivity index (χ4n) is 3.15. The smallest absolute Gasteiger partial charge is 0.243 e. The van der Waals surface area contributed by atoms with Crippen LogP contribution < -0.4 is 0 Å². The van der Waals surface area contributed by atoms with Crippen molar-refractivity contribution in [3.05, 3.63) is 40.9 Å². The lowest BCUT2D eigenvalue weighted by Gasteiger charge is -2.34. The predicted molar refractivity (Wildman–Crippen MR) is 96.0 cm³/mol. The molecule has 3 rings (SSSR count). The quantitative estimate of drug-likeness (QED) is 0.714. The SMILES string of the molecule is O=C(CC1C=CCC1)N1CCN(S(=O)(=O)c2ccc(Br)cc2)CC1. The van der Waals surface area contributed by atoms with Gasteiger partial charge in [0, 0.05) is 37.1 Å². The van der Waals surface area contributed by atoms with Crippen LogP contribution in [-0.4, -0.2) is 49.7 Å². The molecular weight excluding hydrogens is 392 g/mol. The number of carbonyl (C=O) groups is 1. The maximum Gasteiger partial charge on any atom is 0.243 e. The minimum atomic E-state index is -3.49. The van der Waals surface area contributed by atoms with Crippen molar-refractivity contribution in [2.75, 3.05) is 26.2 Å². The summed E-state index contributed by atoms with van der Waals surface area (Å²) in [5.41, 5.74) is 0. The number of nitrogens with zero attached hydrogens (tertiary/aromatic N) is 2. The fourth-order valence-corrected chi connectivity index (χ4v) is 4.84. The Morgan fingerprint density at radius 1 is 1.12 bits per heavy atom. The van der Waals surface area contributed by atoms with Gasteiger partial charge >= 0.3 is 0 Å². The first kappa shape index (κ1) is 17.6. The Morgan fingerprint density at radius 3 is 2.38 bits per heavy atom. The lowest BCUT2D eigenvalue weighted by Crippen LogP contribution is -2.50. The maximum absolute atomic E-state index is 12.7. The minimum absolute atomic E-state index is 0.132. The molecule has 0 spiro atoms. The molecular formula is C17H21BrN2O3S. The summed E-state index contributed by atoms with van der Waals surface area (Å²) in [6, 6.07) is 6.65. The summed E-state index contributed by atoms with van der Waals surface area (Å²) in [6.07, 6.45) is 6.88. The molecule has 5 nitrogen and oxygen atoms in total. The number of piperazine rings is 1. The Hall–Kier alpha value is -1.18. The Balaban J connectivity index is 1.58. The Kier molecular flexibility index (Phi) is 5.42. The summed E-state index contributed by atoms with van der Waals surface area (Å²) in [7, 11) is -3.49.